The topological polar surface area (TPSA) is 197 Å². The summed E-state index contributed by atoms with van der Waals surface area (Å²) in [4.78, 5) is 61.0. The smallest absolute Gasteiger partial charge is 0.422 e. The molecule has 0 radical (unpaired) electrons. The summed E-state index contributed by atoms with van der Waals surface area (Å²) in [6.45, 7) is -2.05. The zero-order chi connectivity index (χ0) is 38.3. The highest BCUT2D eigenvalue weighted by Gasteiger charge is 2.45. The molecule has 1 aliphatic rings. The lowest BCUT2D eigenvalue weighted by Gasteiger charge is -2.19. The van der Waals surface area contributed by atoms with Crippen LogP contribution in [0.1, 0.15) is 35.2 Å². The normalized spacial score (nSPS) is 13.6. The Balaban J connectivity index is 1.19. The van der Waals surface area contributed by atoms with E-state index in [-0.39, 0.29) is 29.6 Å². The SMILES string of the molecule is O=C(NCC[C@H](NC(=O)c1ccc(Nc2nc(NC3(c4ccc(Cl)cc4)CC3)nc(OCC(F)(F)F)n2)cc1)C(=O)O)C(=O)Nc1cc(F)ccc1F. The molecule has 0 saturated heterocycles. The van der Waals surface area contributed by atoms with E-state index < -0.39 is 77.9 Å². The van der Waals surface area contributed by atoms with Crippen LogP contribution in [0.15, 0.2) is 66.7 Å². The van der Waals surface area contributed by atoms with Crippen molar-refractivity contribution in [3.8, 4) is 6.01 Å². The van der Waals surface area contributed by atoms with E-state index in [4.69, 9.17) is 16.3 Å². The van der Waals surface area contributed by atoms with E-state index in [9.17, 15) is 46.2 Å². The Kier molecular flexibility index (Phi) is 11.6. The van der Waals surface area contributed by atoms with Crippen LogP contribution in [-0.2, 0) is 19.9 Å². The number of ether oxygens (including phenoxy) is 1. The molecule has 3 aromatic carbocycles. The number of aliphatic carboxylic acids is 1. The third-order valence-electron chi connectivity index (χ3n) is 7.59. The van der Waals surface area contributed by atoms with Gasteiger partial charge in [0, 0.05) is 28.9 Å². The van der Waals surface area contributed by atoms with Crippen molar-refractivity contribution in [1.29, 1.82) is 0 Å². The molecule has 1 aliphatic carbocycles. The van der Waals surface area contributed by atoms with Crippen molar-refractivity contribution in [2.75, 3.05) is 29.1 Å². The second-order valence-electron chi connectivity index (χ2n) is 11.6. The van der Waals surface area contributed by atoms with E-state index in [2.05, 4.69) is 36.2 Å². The van der Waals surface area contributed by atoms with Crippen LogP contribution < -0.4 is 31.3 Å². The first-order valence-electron chi connectivity index (χ1n) is 15.5. The van der Waals surface area contributed by atoms with Crippen molar-refractivity contribution in [3.63, 3.8) is 0 Å². The van der Waals surface area contributed by atoms with Gasteiger partial charge in [-0.3, -0.25) is 14.4 Å². The molecule has 6 N–H and O–H groups in total. The Labute approximate surface area is 301 Å². The molecule has 1 saturated carbocycles. The summed E-state index contributed by atoms with van der Waals surface area (Å²) in [5.74, 6) is -6.98. The number of hydrogen-bond donors (Lipinski definition) is 6. The van der Waals surface area contributed by atoms with Gasteiger partial charge in [-0.15, -0.1) is 0 Å². The minimum absolute atomic E-state index is 0.00757. The maximum absolute atomic E-state index is 13.7. The number of halogens is 6. The highest BCUT2D eigenvalue weighted by Crippen LogP contribution is 2.48. The molecule has 0 spiro atoms. The number of carbonyl (C=O) groups is 4. The van der Waals surface area contributed by atoms with Gasteiger partial charge in [0.15, 0.2) is 6.61 Å². The molecule has 53 heavy (non-hydrogen) atoms. The van der Waals surface area contributed by atoms with Crippen molar-refractivity contribution in [2.24, 2.45) is 0 Å². The number of hydrogen-bond acceptors (Lipinski definition) is 10. The molecule has 0 bridgehead atoms. The molecule has 14 nitrogen and oxygen atoms in total. The molecular formula is C33H28ClF5N8O6. The molecule has 278 valence electrons. The van der Waals surface area contributed by atoms with Crippen LogP contribution >= 0.6 is 11.6 Å². The summed E-state index contributed by atoms with van der Waals surface area (Å²) in [5.41, 5.74) is -0.00514. The third kappa shape index (κ3) is 10.7. The third-order valence-corrected chi connectivity index (χ3v) is 7.84. The minimum Gasteiger partial charge on any atom is -0.480 e. The van der Waals surface area contributed by atoms with Crippen LogP contribution in [0.4, 0.5) is 45.2 Å². The van der Waals surface area contributed by atoms with Gasteiger partial charge in [-0.05, 0) is 73.4 Å². The van der Waals surface area contributed by atoms with Crippen molar-refractivity contribution in [2.45, 2.75) is 37.0 Å². The summed E-state index contributed by atoms with van der Waals surface area (Å²) < 4.78 is 70.6. The van der Waals surface area contributed by atoms with Gasteiger partial charge >= 0.3 is 30.0 Å². The van der Waals surface area contributed by atoms with Gasteiger partial charge in [0.05, 0.1) is 11.2 Å². The predicted molar refractivity (Wildman–Crippen MR) is 179 cm³/mol. The van der Waals surface area contributed by atoms with Gasteiger partial charge < -0.3 is 36.4 Å². The molecule has 1 atom stereocenters. The fourth-order valence-corrected chi connectivity index (χ4v) is 4.91. The van der Waals surface area contributed by atoms with Gasteiger partial charge in [0.1, 0.15) is 17.7 Å². The van der Waals surface area contributed by atoms with Gasteiger partial charge in [-0.25, -0.2) is 13.6 Å². The fourth-order valence-electron chi connectivity index (χ4n) is 4.79. The minimum atomic E-state index is -4.66. The lowest BCUT2D eigenvalue weighted by atomic mass is 10.1. The van der Waals surface area contributed by atoms with Crippen molar-refractivity contribution in [3.05, 3.63) is 94.5 Å². The Morgan fingerprint density at radius 2 is 1.58 bits per heavy atom. The van der Waals surface area contributed by atoms with Crippen molar-refractivity contribution >= 4 is 58.6 Å². The zero-order valence-electron chi connectivity index (χ0n) is 27.1. The van der Waals surface area contributed by atoms with E-state index >= 15 is 0 Å². The number of anilines is 4. The average molecular weight is 763 g/mol. The molecule has 0 aliphatic heterocycles. The number of nitrogens with zero attached hydrogens (tertiary/aromatic N) is 3. The van der Waals surface area contributed by atoms with E-state index in [1.807, 2.05) is 5.32 Å². The van der Waals surface area contributed by atoms with Crippen LogP contribution in [0.3, 0.4) is 0 Å². The molecule has 1 heterocycles. The molecule has 1 aromatic heterocycles. The van der Waals surface area contributed by atoms with Crippen molar-refractivity contribution in [1.82, 2.24) is 25.6 Å². The van der Waals surface area contributed by atoms with Gasteiger partial charge in [0.25, 0.3) is 5.91 Å². The molecule has 20 heteroatoms. The van der Waals surface area contributed by atoms with Gasteiger partial charge in [-0.1, -0.05) is 23.7 Å². The first-order chi connectivity index (χ1) is 25.1. The Bertz CT molecular complexity index is 2000. The molecular weight excluding hydrogens is 735 g/mol. The monoisotopic (exact) mass is 762 g/mol. The van der Waals surface area contributed by atoms with Crippen LogP contribution in [0, 0.1) is 11.6 Å². The number of aromatic nitrogens is 3. The first-order valence-corrected chi connectivity index (χ1v) is 15.9. The lowest BCUT2D eigenvalue weighted by Crippen LogP contribution is -2.44. The largest absolute Gasteiger partial charge is 0.480 e. The molecule has 4 aromatic rings. The maximum Gasteiger partial charge on any atom is 0.422 e. The lowest BCUT2D eigenvalue weighted by molar-refractivity contribution is -0.154. The number of carboxylic acid groups (broad SMARTS) is 1. The Hall–Kier alpha value is -6.11. The molecule has 1 fully saturated rings. The quantitative estimate of drug-likeness (QED) is 0.0754. The fraction of sp³-hybridized carbons (Fsp3) is 0.242. The summed E-state index contributed by atoms with van der Waals surface area (Å²) in [6.07, 6.45) is -3.66. The van der Waals surface area contributed by atoms with E-state index in [0.29, 0.717) is 23.9 Å². The summed E-state index contributed by atoms with van der Waals surface area (Å²) in [6, 6.07) is 12.6. The van der Waals surface area contributed by atoms with Crippen LogP contribution in [0.5, 0.6) is 6.01 Å². The van der Waals surface area contributed by atoms with Crippen molar-refractivity contribution < 1.29 is 51.0 Å². The standard InChI is InChI=1S/C33H28ClF5N8O6/c34-19-5-3-18(4-6-19)32(12-13-32)47-30-44-29(45-31(46-30)53-16-33(37,38)39)41-21-8-1-17(2-9-21)25(48)42-23(28(51)52)11-14-40-26(49)27(50)43-24-15-20(35)7-10-22(24)36/h1-10,15,23H,11-14,16H2,(H,40,49)(H,42,48)(H,43,50)(H,51,52)(H2,41,44,45,46,47)/t23-/m0/s1. The summed E-state index contributed by atoms with van der Waals surface area (Å²) in [7, 11) is 0. The molecule has 0 unspecified atom stereocenters. The highest BCUT2D eigenvalue weighted by molar-refractivity contribution is 6.39. The number of rotatable bonds is 14. The number of carbonyl (C=O) groups excluding carboxylic acids is 3. The molecule has 3 amide bonds. The van der Waals surface area contributed by atoms with Crippen LogP contribution in [0.25, 0.3) is 0 Å². The molecule has 5 rings (SSSR count). The number of amides is 3. The number of nitrogens with one attached hydrogen (secondary N) is 5. The van der Waals surface area contributed by atoms with Gasteiger partial charge in [0.2, 0.25) is 11.9 Å². The number of carboxylic acids is 1. The second-order valence-corrected chi connectivity index (χ2v) is 12.0. The van der Waals surface area contributed by atoms with E-state index in [0.717, 1.165) is 17.7 Å². The predicted octanol–water partition coefficient (Wildman–Crippen LogP) is 4.92. The number of alkyl halides is 3. The zero-order valence-corrected chi connectivity index (χ0v) is 27.8. The van der Waals surface area contributed by atoms with Gasteiger partial charge in [-0.2, -0.15) is 28.1 Å². The second kappa shape index (κ2) is 16.1. The van der Waals surface area contributed by atoms with E-state index in [1.54, 1.807) is 24.3 Å². The Morgan fingerprint density at radius 3 is 2.23 bits per heavy atom. The average Bonchev–Trinajstić information content (AvgIpc) is 3.88. The van der Waals surface area contributed by atoms with E-state index in [1.165, 1.54) is 24.3 Å². The summed E-state index contributed by atoms with van der Waals surface area (Å²) >= 11 is 6.00. The first kappa shape index (κ1) is 38.1. The van der Waals surface area contributed by atoms with Crippen LogP contribution in [-0.4, -0.2) is 69.1 Å². The Morgan fingerprint density at radius 1 is 0.906 bits per heavy atom. The number of benzene rings is 3. The maximum atomic E-state index is 13.7. The summed E-state index contributed by atoms with van der Waals surface area (Å²) in [5, 5.41) is 22.4. The van der Waals surface area contributed by atoms with Crippen LogP contribution in [0.2, 0.25) is 5.02 Å². The highest BCUT2D eigenvalue weighted by atomic mass is 35.5.